The maximum atomic E-state index is 12.3. The molecule has 0 aliphatic carbocycles. The van der Waals surface area contributed by atoms with Gasteiger partial charge in [-0.25, -0.2) is 0 Å². The summed E-state index contributed by atoms with van der Waals surface area (Å²) in [6.45, 7) is 7.63. The summed E-state index contributed by atoms with van der Waals surface area (Å²) in [5, 5.41) is 4.87. The van der Waals surface area contributed by atoms with E-state index in [1.165, 1.54) is 11.8 Å². The van der Waals surface area contributed by atoms with Gasteiger partial charge in [-0.2, -0.15) is 0 Å². The summed E-state index contributed by atoms with van der Waals surface area (Å²) < 4.78 is 0. The Labute approximate surface area is 148 Å². The quantitative estimate of drug-likeness (QED) is 0.782. The van der Waals surface area contributed by atoms with Gasteiger partial charge in [0.2, 0.25) is 11.8 Å². The number of benzene rings is 1. The van der Waals surface area contributed by atoms with Crippen molar-refractivity contribution in [2.24, 2.45) is 0 Å². The number of carbonyl (C=O) groups is 2. The SMILES string of the molecule is CCN(CC)CCNC(=O)CN1C(=O)CSC=C1c1ccccc1. The van der Waals surface area contributed by atoms with Crippen molar-refractivity contribution < 1.29 is 9.59 Å². The van der Waals surface area contributed by atoms with Crippen molar-refractivity contribution in [3.8, 4) is 0 Å². The average molecular weight is 347 g/mol. The van der Waals surface area contributed by atoms with Crippen LogP contribution in [-0.4, -0.2) is 60.1 Å². The first-order chi connectivity index (χ1) is 11.7. The Balaban J connectivity index is 1.95. The van der Waals surface area contributed by atoms with Crippen molar-refractivity contribution in [1.29, 1.82) is 0 Å². The molecule has 1 N–H and O–H groups in total. The van der Waals surface area contributed by atoms with Gasteiger partial charge in [0.25, 0.3) is 0 Å². The van der Waals surface area contributed by atoms with E-state index in [1.807, 2.05) is 35.7 Å². The number of hydrogen-bond donors (Lipinski definition) is 1. The van der Waals surface area contributed by atoms with Crippen molar-refractivity contribution in [2.75, 3.05) is 38.5 Å². The molecule has 0 radical (unpaired) electrons. The molecule has 5 nitrogen and oxygen atoms in total. The maximum Gasteiger partial charge on any atom is 0.240 e. The van der Waals surface area contributed by atoms with Crippen LogP contribution in [-0.2, 0) is 9.59 Å². The van der Waals surface area contributed by atoms with Crippen LogP contribution in [0.5, 0.6) is 0 Å². The Hall–Kier alpha value is -1.79. The molecule has 0 atom stereocenters. The first kappa shape index (κ1) is 18.5. The highest BCUT2D eigenvalue weighted by atomic mass is 32.2. The van der Waals surface area contributed by atoms with E-state index in [4.69, 9.17) is 0 Å². The van der Waals surface area contributed by atoms with Crippen molar-refractivity contribution in [3.05, 3.63) is 41.3 Å². The number of nitrogens with zero attached hydrogens (tertiary/aromatic N) is 2. The fourth-order valence-electron chi connectivity index (χ4n) is 2.57. The molecular weight excluding hydrogens is 322 g/mol. The zero-order valence-corrected chi connectivity index (χ0v) is 15.1. The third kappa shape index (κ3) is 5.11. The van der Waals surface area contributed by atoms with Crippen LogP contribution in [0.4, 0.5) is 0 Å². The molecule has 130 valence electrons. The molecule has 1 aromatic carbocycles. The molecular formula is C18H25N3O2S. The molecule has 1 aliphatic heterocycles. The van der Waals surface area contributed by atoms with Crippen LogP contribution < -0.4 is 5.32 Å². The highest BCUT2D eigenvalue weighted by Crippen LogP contribution is 2.27. The minimum atomic E-state index is -0.121. The highest BCUT2D eigenvalue weighted by Gasteiger charge is 2.25. The lowest BCUT2D eigenvalue weighted by Crippen LogP contribution is -2.43. The molecule has 2 amide bonds. The van der Waals surface area contributed by atoms with Gasteiger partial charge in [-0.1, -0.05) is 44.2 Å². The molecule has 0 bridgehead atoms. The van der Waals surface area contributed by atoms with Crippen molar-refractivity contribution in [1.82, 2.24) is 15.1 Å². The van der Waals surface area contributed by atoms with E-state index in [-0.39, 0.29) is 18.4 Å². The van der Waals surface area contributed by atoms with Crippen LogP contribution in [0.25, 0.3) is 5.70 Å². The number of amides is 2. The lowest BCUT2D eigenvalue weighted by molar-refractivity contribution is -0.131. The van der Waals surface area contributed by atoms with Gasteiger partial charge >= 0.3 is 0 Å². The fraction of sp³-hybridized carbons (Fsp3) is 0.444. The summed E-state index contributed by atoms with van der Waals surface area (Å²) in [4.78, 5) is 28.3. The number of nitrogens with one attached hydrogen (secondary N) is 1. The summed E-state index contributed by atoms with van der Waals surface area (Å²) in [6, 6.07) is 9.71. The van der Waals surface area contributed by atoms with Gasteiger partial charge in [0.05, 0.1) is 11.4 Å². The van der Waals surface area contributed by atoms with Gasteiger partial charge in [0.15, 0.2) is 0 Å². The van der Waals surface area contributed by atoms with Crippen LogP contribution in [0, 0.1) is 0 Å². The zero-order valence-electron chi connectivity index (χ0n) is 14.3. The molecule has 6 heteroatoms. The highest BCUT2D eigenvalue weighted by molar-refractivity contribution is 8.03. The lowest BCUT2D eigenvalue weighted by atomic mass is 10.1. The molecule has 0 unspecified atom stereocenters. The Morgan fingerprint density at radius 3 is 2.62 bits per heavy atom. The molecule has 0 saturated heterocycles. The fourth-order valence-corrected chi connectivity index (χ4v) is 3.37. The molecule has 24 heavy (non-hydrogen) atoms. The van der Waals surface area contributed by atoms with Gasteiger partial charge in [0.1, 0.15) is 6.54 Å². The van der Waals surface area contributed by atoms with Crippen molar-refractivity contribution in [3.63, 3.8) is 0 Å². The standard InChI is InChI=1S/C18H25N3O2S/c1-3-20(4-2)11-10-19-17(22)12-21-16(13-24-14-18(21)23)15-8-6-5-7-9-15/h5-9,13H,3-4,10-12,14H2,1-2H3,(H,19,22). The Morgan fingerprint density at radius 1 is 1.25 bits per heavy atom. The maximum absolute atomic E-state index is 12.3. The van der Waals surface area contributed by atoms with E-state index < -0.39 is 0 Å². The molecule has 0 spiro atoms. The number of thioether (sulfide) groups is 1. The van der Waals surface area contributed by atoms with Crippen LogP contribution >= 0.6 is 11.8 Å². The van der Waals surface area contributed by atoms with E-state index in [0.29, 0.717) is 12.3 Å². The smallest absolute Gasteiger partial charge is 0.240 e. The summed E-state index contributed by atoms with van der Waals surface area (Å²) in [6.07, 6.45) is 0. The van der Waals surface area contributed by atoms with Crippen molar-refractivity contribution >= 4 is 29.3 Å². The third-order valence-corrected chi connectivity index (χ3v) is 4.81. The Morgan fingerprint density at radius 2 is 1.96 bits per heavy atom. The van der Waals surface area contributed by atoms with Crippen LogP contribution in [0.3, 0.4) is 0 Å². The number of likely N-dealkylation sites (N-methyl/N-ethyl adjacent to an activating group) is 1. The molecule has 2 rings (SSSR count). The second-order valence-electron chi connectivity index (χ2n) is 5.54. The Bertz CT molecular complexity index is 585. The molecule has 0 fully saturated rings. The minimum Gasteiger partial charge on any atom is -0.353 e. The topological polar surface area (TPSA) is 52.7 Å². The van der Waals surface area contributed by atoms with Gasteiger partial charge in [-0.15, -0.1) is 11.8 Å². The van der Waals surface area contributed by atoms with Crippen LogP contribution in [0.15, 0.2) is 35.7 Å². The number of rotatable bonds is 8. The van der Waals surface area contributed by atoms with Crippen molar-refractivity contribution in [2.45, 2.75) is 13.8 Å². The molecule has 1 aliphatic rings. The second kappa shape index (κ2) is 9.49. The first-order valence-corrected chi connectivity index (χ1v) is 9.37. The van der Waals surface area contributed by atoms with E-state index in [1.54, 1.807) is 4.90 Å². The van der Waals surface area contributed by atoms with E-state index in [2.05, 4.69) is 24.1 Å². The second-order valence-corrected chi connectivity index (χ2v) is 6.39. The summed E-state index contributed by atoms with van der Waals surface area (Å²) >= 11 is 1.47. The van der Waals surface area contributed by atoms with Gasteiger partial charge in [-0.3, -0.25) is 9.59 Å². The number of hydrogen-bond acceptors (Lipinski definition) is 4. The van der Waals surface area contributed by atoms with E-state index in [9.17, 15) is 9.59 Å². The summed E-state index contributed by atoms with van der Waals surface area (Å²) in [5.74, 6) is 0.229. The molecule has 0 aromatic heterocycles. The minimum absolute atomic E-state index is 0.0276. The van der Waals surface area contributed by atoms with Gasteiger partial charge in [0, 0.05) is 13.1 Å². The summed E-state index contributed by atoms with van der Waals surface area (Å²) in [5.41, 5.74) is 1.75. The van der Waals surface area contributed by atoms with Gasteiger partial charge in [-0.05, 0) is 24.1 Å². The van der Waals surface area contributed by atoms with E-state index in [0.717, 1.165) is 30.9 Å². The Kier molecular flexibility index (Phi) is 7.34. The zero-order chi connectivity index (χ0) is 17.4. The molecule has 1 heterocycles. The summed E-state index contributed by atoms with van der Waals surface area (Å²) in [7, 11) is 0. The molecule has 1 aromatic rings. The van der Waals surface area contributed by atoms with Gasteiger partial charge < -0.3 is 15.1 Å². The first-order valence-electron chi connectivity index (χ1n) is 8.32. The number of carbonyl (C=O) groups excluding carboxylic acids is 2. The monoisotopic (exact) mass is 347 g/mol. The predicted molar refractivity (Wildman–Crippen MR) is 99.4 cm³/mol. The normalized spacial score (nSPS) is 14.7. The third-order valence-electron chi connectivity index (χ3n) is 4.01. The predicted octanol–water partition coefficient (Wildman–Crippen LogP) is 2.02. The molecule has 0 saturated carbocycles. The van der Waals surface area contributed by atoms with Crippen LogP contribution in [0.1, 0.15) is 19.4 Å². The lowest BCUT2D eigenvalue weighted by Gasteiger charge is -2.28. The largest absolute Gasteiger partial charge is 0.353 e. The van der Waals surface area contributed by atoms with E-state index >= 15 is 0 Å². The van der Waals surface area contributed by atoms with Crippen LogP contribution in [0.2, 0.25) is 0 Å². The average Bonchev–Trinajstić information content (AvgIpc) is 2.61.